The molecule has 142 valence electrons. The van der Waals surface area contributed by atoms with Crippen LogP contribution in [0.2, 0.25) is 0 Å². The SMILES string of the molecule is Cc1nc(C)c(C(=O)C2=C([O-])C(=O)N(CC[NH+](C)C)C2c2cccnc2)s1. The fourth-order valence-electron chi connectivity index (χ4n) is 3.19. The van der Waals surface area contributed by atoms with Gasteiger partial charge in [-0.2, -0.15) is 0 Å². The fraction of sp³-hybridized carbons (Fsp3) is 0.368. The number of amides is 1. The van der Waals surface area contributed by atoms with Crippen LogP contribution in [0.25, 0.3) is 0 Å². The Kier molecular flexibility index (Phi) is 5.38. The highest BCUT2D eigenvalue weighted by Gasteiger charge is 2.40. The van der Waals surface area contributed by atoms with Crippen molar-refractivity contribution in [3.8, 4) is 0 Å². The van der Waals surface area contributed by atoms with Crippen molar-refractivity contribution in [2.45, 2.75) is 19.9 Å². The van der Waals surface area contributed by atoms with Crippen LogP contribution in [0, 0.1) is 13.8 Å². The Labute approximate surface area is 162 Å². The molecule has 0 radical (unpaired) electrons. The number of thiazole rings is 1. The summed E-state index contributed by atoms with van der Waals surface area (Å²) in [5.74, 6) is -1.77. The third-order valence-electron chi connectivity index (χ3n) is 4.49. The Bertz CT molecular complexity index is 905. The molecule has 3 heterocycles. The number of Topliss-reactive ketones (excluding diaryl/α,β-unsaturated/α-hetero) is 1. The van der Waals surface area contributed by atoms with Crippen molar-refractivity contribution in [1.82, 2.24) is 14.9 Å². The number of carbonyl (C=O) groups excluding carboxylic acids is 2. The summed E-state index contributed by atoms with van der Waals surface area (Å²) in [5, 5.41) is 13.5. The van der Waals surface area contributed by atoms with E-state index in [1.54, 1.807) is 31.5 Å². The molecule has 7 nitrogen and oxygen atoms in total. The highest BCUT2D eigenvalue weighted by molar-refractivity contribution is 7.14. The summed E-state index contributed by atoms with van der Waals surface area (Å²) in [6.07, 6.45) is 3.22. The van der Waals surface area contributed by atoms with Gasteiger partial charge in [-0.3, -0.25) is 14.6 Å². The second-order valence-electron chi connectivity index (χ2n) is 6.86. The largest absolute Gasteiger partial charge is 0.868 e. The maximum absolute atomic E-state index is 13.2. The molecular formula is C19H22N4O3S. The number of pyridine rings is 1. The minimum Gasteiger partial charge on any atom is -0.868 e. The number of nitrogens with zero attached hydrogens (tertiary/aromatic N) is 3. The van der Waals surface area contributed by atoms with Crippen LogP contribution in [0.5, 0.6) is 0 Å². The lowest BCUT2D eigenvalue weighted by Gasteiger charge is -2.27. The summed E-state index contributed by atoms with van der Waals surface area (Å²) < 4.78 is 0. The zero-order valence-electron chi connectivity index (χ0n) is 15.8. The van der Waals surface area contributed by atoms with E-state index in [-0.39, 0.29) is 5.57 Å². The van der Waals surface area contributed by atoms with E-state index in [1.165, 1.54) is 16.2 Å². The lowest BCUT2D eigenvalue weighted by atomic mass is 9.96. The van der Waals surface area contributed by atoms with E-state index in [0.29, 0.717) is 29.2 Å². The Morgan fingerprint density at radius 2 is 2.11 bits per heavy atom. The van der Waals surface area contributed by atoms with Crippen molar-refractivity contribution >= 4 is 23.0 Å². The number of rotatable bonds is 6. The lowest BCUT2D eigenvalue weighted by molar-refractivity contribution is -0.857. The molecule has 1 amide bonds. The molecule has 0 bridgehead atoms. The van der Waals surface area contributed by atoms with Gasteiger partial charge in [0.25, 0.3) is 0 Å². The Morgan fingerprint density at radius 1 is 1.37 bits per heavy atom. The third-order valence-corrected chi connectivity index (χ3v) is 5.56. The molecule has 3 rings (SSSR count). The molecular weight excluding hydrogens is 364 g/mol. The molecule has 0 saturated carbocycles. The van der Waals surface area contributed by atoms with Crippen molar-refractivity contribution in [3.05, 3.63) is 57.0 Å². The molecule has 1 aliphatic rings. The van der Waals surface area contributed by atoms with Gasteiger partial charge in [0.05, 0.1) is 48.8 Å². The third kappa shape index (κ3) is 3.63. The lowest BCUT2D eigenvalue weighted by Crippen LogP contribution is -3.06. The van der Waals surface area contributed by atoms with Crippen LogP contribution >= 0.6 is 11.3 Å². The van der Waals surface area contributed by atoms with E-state index < -0.39 is 23.5 Å². The summed E-state index contributed by atoms with van der Waals surface area (Å²) in [6.45, 7) is 4.59. The maximum Gasteiger partial charge on any atom is 0.240 e. The number of nitrogens with one attached hydrogen (secondary N) is 1. The average Bonchev–Trinajstić information content (AvgIpc) is 3.10. The Hall–Kier alpha value is -2.58. The van der Waals surface area contributed by atoms with Crippen LogP contribution < -0.4 is 10.0 Å². The molecule has 27 heavy (non-hydrogen) atoms. The minimum atomic E-state index is -0.729. The van der Waals surface area contributed by atoms with Gasteiger partial charge in [-0.25, -0.2) is 4.98 Å². The predicted molar refractivity (Wildman–Crippen MR) is 99.3 cm³/mol. The van der Waals surface area contributed by atoms with E-state index in [0.717, 1.165) is 9.91 Å². The quantitative estimate of drug-likeness (QED) is 0.687. The van der Waals surface area contributed by atoms with Gasteiger partial charge in [0.15, 0.2) is 0 Å². The van der Waals surface area contributed by atoms with Crippen LogP contribution in [0.1, 0.15) is 32.0 Å². The number of aryl methyl sites for hydroxylation is 2. The van der Waals surface area contributed by atoms with Crippen molar-refractivity contribution in [2.75, 3.05) is 27.2 Å². The zero-order chi connectivity index (χ0) is 19.7. The van der Waals surface area contributed by atoms with Gasteiger partial charge in [-0.15, -0.1) is 11.3 Å². The number of ketones is 1. The smallest absolute Gasteiger partial charge is 0.240 e. The number of hydrogen-bond donors (Lipinski definition) is 1. The molecule has 8 heteroatoms. The first-order valence-corrected chi connectivity index (χ1v) is 9.52. The molecule has 1 aliphatic heterocycles. The van der Waals surface area contributed by atoms with Gasteiger partial charge >= 0.3 is 0 Å². The first-order valence-electron chi connectivity index (χ1n) is 8.71. The number of likely N-dealkylation sites (N-methyl/N-ethyl adjacent to an activating group) is 1. The molecule has 2 aromatic heterocycles. The fourth-order valence-corrected chi connectivity index (χ4v) is 4.07. The summed E-state index contributed by atoms with van der Waals surface area (Å²) in [5.41, 5.74) is 1.23. The van der Waals surface area contributed by atoms with Gasteiger partial charge in [0.1, 0.15) is 0 Å². The predicted octanol–water partition coefficient (Wildman–Crippen LogP) is -0.320. The van der Waals surface area contributed by atoms with Crippen molar-refractivity contribution in [3.63, 3.8) is 0 Å². The van der Waals surface area contributed by atoms with E-state index >= 15 is 0 Å². The number of aromatic nitrogens is 2. The topological polar surface area (TPSA) is 90.7 Å². The van der Waals surface area contributed by atoms with Crippen molar-refractivity contribution < 1.29 is 19.6 Å². The van der Waals surface area contributed by atoms with Crippen molar-refractivity contribution in [2.24, 2.45) is 0 Å². The van der Waals surface area contributed by atoms with Gasteiger partial charge in [-0.1, -0.05) is 6.07 Å². The molecule has 0 spiro atoms. The summed E-state index contributed by atoms with van der Waals surface area (Å²) in [7, 11) is 3.95. The summed E-state index contributed by atoms with van der Waals surface area (Å²) in [4.78, 5) is 37.4. The molecule has 0 fully saturated rings. The van der Waals surface area contributed by atoms with Crippen LogP contribution in [0.4, 0.5) is 0 Å². The average molecular weight is 386 g/mol. The standard InChI is InChI=1S/C19H22N4O3S/c1-11-18(27-12(2)21-11)16(24)14-15(13-6-5-7-20-10-13)23(9-8-22(3)4)19(26)17(14)25/h5-7,10,15,25H,8-9H2,1-4H3. The van der Waals surface area contributed by atoms with Gasteiger partial charge in [0.2, 0.25) is 11.7 Å². The normalized spacial score (nSPS) is 17.3. The summed E-state index contributed by atoms with van der Waals surface area (Å²) >= 11 is 1.25. The Morgan fingerprint density at radius 3 is 2.67 bits per heavy atom. The van der Waals surface area contributed by atoms with Crippen molar-refractivity contribution in [1.29, 1.82) is 0 Å². The second-order valence-corrected chi connectivity index (χ2v) is 8.07. The van der Waals surface area contributed by atoms with Crippen LogP contribution in [-0.4, -0.2) is 53.7 Å². The molecule has 1 atom stereocenters. The van der Waals surface area contributed by atoms with Gasteiger partial charge in [-0.05, 0) is 31.2 Å². The van der Waals surface area contributed by atoms with Crippen LogP contribution in [-0.2, 0) is 4.79 Å². The highest BCUT2D eigenvalue weighted by atomic mass is 32.1. The first-order chi connectivity index (χ1) is 12.8. The molecule has 1 unspecified atom stereocenters. The highest BCUT2D eigenvalue weighted by Crippen LogP contribution is 2.38. The van der Waals surface area contributed by atoms with E-state index in [4.69, 9.17) is 0 Å². The number of carbonyl (C=O) groups is 2. The monoisotopic (exact) mass is 386 g/mol. The van der Waals surface area contributed by atoms with Crippen LogP contribution in [0.15, 0.2) is 35.9 Å². The number of hydrogen-bond acceptors (Lipinski definition) is 6. The minimum absolute atomic E-state index is 0.00601. The van der Waals surface area contributed by atoms with E-state index in [2.05, 4.69) is 9.97 Å². The summed E-state index contributed by atoms with van der Waals surface area (Å²) in [6, 6.07) is 2.81. The van der Waals surface area contributed by atoms with Gasteiger partial charge < -0.3 is 14.9 Å². The molecule has 0 saturated heterocycles. The molecule has 2 aromatic rings. The second kappa shape index (κ2) is 7.58. The molecule has 0 aliphatic carbocycles. The molecule has 1 N–H and O–H groups in total. The van der Waals surface area contributed by atoms with E-state index in [9.17, 15) is 14.7 Å². The van der Waals surface area contributed by atoms with Crippen LogP contribution in [0.3, 0.4) is 0 Å². The molecule has 0 aromatic carbocycles. The Balaban J connectivity index is 2.07. The first kappa shape index (κ1) is 19.2. The zero-order valence-corrected chi connectivity index (χ0v) is 16.6. The maximum atomic E-state index is 13.2. The van der Waals surface area contributed by atoms with Gasteiger partial charge in [0, 0.05) is 18.0 Å². The number of quaternary nitrogens is 1. The van der Waals surface area contributed by atoms with E-state index in [1.807, 2.05) is 21.0 Å².